The molecule has 0 saturated carbocycles. The van der Waals surface area contributed by atoms with Gasteiger partial charge in [0.05, 0.1) is 68.1 Å². The molecule has 1 saturated heterocycles. The van der Waals surface area contributed by atoms with Gasteiger partial charge in [0.15, 0.2) is 73.2 Å². The first-order chi connectivity index (χ1) is 43.6. The van der Waals surface area contributed by atoms with Crippen LogP contribution < -0.4 is 49.8 Å². The average Bonchev–Trinajstić information content (AvgIpc) is 1.62. The highest BCUT2D eigenvalue weighted by Crippen LogP contribution is 2.48. The molecule has 0 aliphatic carbocycles. The van der Waals surface area contributed by atoms with Crippen LogP contribution in [0.5, 0.6) is 34.5 Å². The molecular formula is C57H41BBrF12N9O10S3. The van der Waals surface area contributed by atoms with Crippen LogP contribution in [-0.4, -0.2) is 78.9 Å². The number of fused-ring (bicyclic) bond motifs is 3. The van der Waals surface area contributed by atoms with Gasteiger partial charge in [0.1, 0.15) is 22.8 Å². The van der Waals surface area contributed by atoms with E-state index in [1.807, 2.05) is 27.7 Å². The van der Waals surface area contributed by atoms with Crippen LogP contribution in [-0.2, 0) is 15.9 Å². The first kappa shape index (κ1) is 67.1. The van der Waals surface area contributed by atoms with Crippen molar-refractivity contribution < 1.29 is 100 Å². The van der Waals surface area contributed by atoms with Crippen LogP contribution in [0.3, 0.4) is 0 Å². The highest BCUT2D eigenvalue weighted by Gasteiger charge is 2.53. The lowest BCUT2D eigenvalue weighted by Gasteiger charge is -2.32. The molecule has 486 valence electrons. The minimum Gasteiger partial charge on any atom is -0.399 e. The molecule has 1 fully saturated rings. The van der Waals surface area contributed by atoms with E-state index >= 15 is 0 Å². The fraction of sp³-hybridized carbons (Fsp3) is 0.228. The van der Waals surface area contributed by atoms with Gasteiger partial charge in [0.2, 0.25) is 0 Å². The maximum Gasteiger partial charge on any atom is 0.586 e. The Morgan fingerprint density at radius 3 is 1.23 bits per heavy atom. The minimum atomic E-state index is -3.74. The molecule has 19 nitrogen and oxygen atoms in total. The van der Waals surface area contributed by atoms with Crippen LogP contribution in [0.25, 0.3) is 20.9 Å². The Bertz CT molecular complexity index is 4300. The number of nitrogens with zero attached hydrogens (tertiary/aromatic N) is 6. The minimum absolute atomic E-state index is 0.00434. The molecule has 6 aromatic heterocycles. The molecule has 4 aliphatic rings. The lowest BCUT2D eigenvalue weighted by Crippen LogP contribution is -2.41. The van der Waals surface area contributed by atoms with Gasteiger partial charge in [-0.25, -0.2) is 41.3 Å². The Kier molecular flexibility index (Phi) is 18.7. The number of aryl methyl sites for hydroxylation is 3. The second-order valence-electron chi connectivity index (χ2n) is 20.8. The third kappa shape index (κ3) is 15.2. The zero-order valence-electron chi connectivity index (χ0n) is 48.3. The van der Waals surface area contributed by atoms with Crippen LogP contribution in [0.2, 0.25) is 0 Å². The Balaban J connectivity index is 0.000000138. The molecular weight excluding hydrogens is 1390 g/mol. The Morgan fingerprint density at radius 2 is 0.817 bits per heavy atom. The number of anilines is 3. The van der Waals surface area contributed by atoms with Gasteiger partial charge in [-0.2, -0.15) is 0 Å². The number of benzene rings is 3. The monoisotopic (exact) mass is 1430 g/mol. The lowest BCUT2D eigenvalue weighted by molar-refractivity contribution is -0.287. The van der Waals surface area contributed by atoms with Gasteiger partial charge in [0.25, 0.3) is 11.8 Å². The van der Waals surface area contributed by atoms with E-state index in [1.165, 1.54) is 66.3 Å². The van der Waals surface area contributed by atoms with E-state index in [0.717, 1.165) is 65.4 Å². The summed E-state index contributed by atoms with van der Waals surface area (Å²) in [5, 5.41) is 8.17. The number of rotatable bonds is 10. The van der Waals surface area contributed by atoms with Crippen LogP contribution in [0.15, 0.2) is 96.0 Å². The number of nitrogens with one attached hydrogen (secondary N) is 3. The molecule has 2 amide bonds. The largest absolute Gasteiger partial charge is 0.586 e. The molecule has 3 N–H and O–H groups in total. The summed E-state index contributed by atoms with van der Waals surface area (Å²) in [7, 11) is -0.627. The van der Waals surface area contributed by atoms with E-state index in [0.29, 0.717) is 46.4 Å². The van der Waals surface area contributed by atoms with Crippen molar-refractivity contribution in [3.63, 3.8) is 0 Å². The van der Waals surface area contributed by atoms with Crippen molar-refractivity contribution >= 4 is 89.7 Å². The Labute approximate surface area is 537 Å². The molecule has 10 heterocycles. The maximum atomic E-state index is 13.6. The Hall–Kier alpha value is -8.84. The first-order valence-electron chi connectivity index (χ1n) is 26.5. The summed E-state index contributed by atoms with van der Waals surface area (Å²) in [4.78, 5) is 46.9. The van der Waals surface area contributed by atoms with Gasteiger partial charge in [-0.15, -0.1) is 26.3 Å². The number of aromatic nitrogens is 6. The lowest BCUT2D eigenvalue weighted by atomic mass is 9.76. The molecule has 3 aromatic carbocycles. The number of carbonyl (C=O) groups excluding carboxylic acids is 2. The number of carbonyl (C=O) groups is 2. The standard InChI is InChI=1S/C17H9F4N3O3S.C17H11F4N3O2S.C14H17BF2O4.C9H4BrF2N3OS/c1-7-2-11-12(27-17(20,21)26-11)3-8(7)13-6-23-16(28-13)24-15(25)14-9(18)4-22-5-10(14)19;1-8-2-13-14(26-17(20,21)25-13)3-9(8)15-7-24-16(27-15)23-4-10-11(18)5-22-6-12(10)19;1-8-6-10-11(19-14(16,17)18-10)7-9(8)15-20-12(2,3)13(4,5)21-15;10-6-3-14-9(17-6)15-8(16)7-4(11)1-13-2-5(7)12/h2-6H,1H3,(H,23,24,25);2-3,5-7H,4H2,1H3,(H,23,24);6-7H,1-5H3;1-3H,(H,14,15,16). The van der Waals surface area contributed by atoms with Crippen molar-refractivity contribution in [2.75, 3.05) is 16.0 Å². The fourth-order valence-corrected chi connectivity index (χ4v) is 11.5. The van der Waals surface area contributed by atoms with E-state index in [1.54, 1.807) is 20.8 Å². The molecule has 0 atom stereocenters. The van der Waals surface area contributed by atoms with Gasteiger partial charge in [-0.3, -0.25) is 35.2 Å². The number of halogens is 13. The summed E-state index contributed by atoms with van der Waals surface area (Å²) in [5.41, 5.74) is 1.27. The molecule has 4 aliphatic heterocycles. The molecule has 13 rings (SSSR count). The van der Waals surface area contributed by atoms with Crippen molar-refractivity contribution in [3.8, 4) is 55.4 Å². The third-order valence-electron chi connectivity index (χ3n) is 13.8. The van der Waals surface area contributed by atoms with Crippen LogP contribution >= 0.6 is 49.9 Å². The molecule has 0 spiro atoms. The smallest absolute Gasteiger partial charge is 0.399 e. The van der Waals surface area contributed by atoms with Crippen LogP contribution in [0.4, 0.5) is 68.1 Å². The summed E-state index contributed by atoms with van der Waals surface area (Å²) < 4.78 is 199. The van der Waals surface area contributed by atoms with E-state index in [4.69, 9.17) is 9.31 Å². The second-order valence-corrected chi connectivity index (χ2v) is 25.3. The van der Waals surface area contributed by atoms with Crippen molar-refractivity contribution in [2.45, 2.75) is 85.1 Å². The molecule has 93 heavy (non-hydrogen) atoms. The third-order valence-corrected chi connectivity index (χ3v) is 17.1. The highest BCUT2D eigenvalue weighted by atomic mass is 79.9. The summed E-state index contributed by atoms with van der Waals surface area (Å²) in [6.07, 6.45) is -1.80. The van der Waals surface area contributed by atoms with Gasteiger partial charge < -0.3 is 43.0 Å². The fourth-order valence-electron chi connectivity index (χ4n) is 8.66. The average molecular weight is 1430 g/mol. The number of amides is 2. The van der Waals surface area contributed by atoms with Crippen molar-refractivity contribution in [2.24, 2.45) is 0 Å². The van der Waals surface area contributed by atoms with Crippen molar-refractivity contribution in [1.29, 1.82) is 0 Å². The zero-order chi connectivity index (χ0) is 67.3. The molecule has 0 radical (unpaired) electrons. The summed E-state index contributed by atoms with van der Waals surface area (Å²) >= 11 is 6.49. The normalized spacial score (nSPS) is 15.8. The predicted molar refractivity (Wildman–Crippen MR) is 316 cm³/mol. The number of thiazole rings is 3. The second kappa shape index (κ2) is 25.9. The van der Waals surface area contributed by atoms with E-state index < -0.39 is 95.0 Å². The summed E-state index contributed by atoms with van der Waals surface area (Å²) in [6, 6.07) is 8.67. The van der Waals surface area contributed by atoms with Gasteiger partial charge >= 0.3 is 26.0 Å². The number of alkyl halides is 6. The van der Waals surface area contributed by atoms with E-state index in [2.05, 4.69) is 90.2 Å². The van der Waals surface area contributed by atoms with Crippen LogP contribution in [0, 0.1) is 55.7 Å². The van der Waals surface area contributed by atoms with Gasteiger partial charge in [0, 0.05) is 35.6 Å². The molecule has 0 unspecified atom stereocenters. The SMILES string of the molecule is Cc1cc2c(cc1-c1cnc(NC(=O)c3c(F)cncc3F)s1)OC(F)(F)O2.Cc1cc2c(cc1-c1cnc(NCc3c(F)cncc3F)s1)OC(F)(F)O2.Cc1cc2c(cc1B1OC(C)(C)C(C)(C)O1)OC(F)(F)O2.O=C(Nc1ncc(Br)s1)c1c(F)cncc1F. The van der Waals surface area contributed by atoms with Gasteiger partial charge in [-0.05, 0) is 123 Å². The molecule has 36 heteroatoms. The summed E-state index contributed by atoms with van der Waals surface area (Å²) in [5.74, 6) is -7.99. The zero-order valence-corrected chi connectivity index (χ0v) is 52.4. The first-order valence-corrected chi connectivity index (χ1v) is 29.7. The van der Waals surface area contributed by atoms with E-state index in [-0.39, 0.29) is 56.9 Å². The number of pyridine rings is 3. The number of hydrogen-bond acceptors (Lipinski definition) is 20. The number of hydrogen-bond donors (Lipinski definition) is 3. The van der Waals surface area contributed by atoms with Crippen LogP contribution in [0.1, 0.15) is 70.7 Å². The topological polar surface area (TPSA) is 221 Å². The summed E-state index contributed by atoms with van der Waals surface area (Å²) in [6.45, 7) is 12.8. The van der Waals surface area contributed by atoms with E-state index in [9.17, 15) is 62.3 Å². The number of ether oxygens (including phenoxy) is 6. The highest BCUT2D eigenvalue weighted by molar-refractivity contribution is 9.11. The maximum absolute atomic E-state index is 13.6. The van der Waals surface area contributed by atoms with Crippen molar-refractivity contribution in [1.82, 2.24) is 29.9 Å². The predicted octanol–water partition coefficient (Wildman–Crippen LogP) is 14.5. The van der Waals surface area contributed by atoms with Crippen molar-refractivity contribution in [3.05, 3.63) is 164 Å². The molecule has 9 aromatic rings. The molecule has 0 bridgehead atoms. The van der Waals surface area contributed by atoms with Gasteiger partial charge in [-0.1, -0.05) is 34.0 Å². The quantitative estimate of drug-likeness (QED) is 0.0855. The Morgan fingerprint density at radius 1 is 0.473 bits per heavy atom.